The molecular weight excluding hydrogens is 517 g/mol. The van der Waals surface area contributed by atoms with E-state index >= 15 is 0 Å². The lowest BCUT2D eigenvalue weighted by Crippen LogP contribution is -2.15. The Labute approximate surface area is 221 Å². The summed E-state index contributed by atoms with van der Waals surface area (Å²) in [4.78, 5) is 41.6. The van der Waals surface area contributed by atoms with E-state index < -0.39 is 17.3 Å². The highest BCUT2D eigenvalue weighted by Gasteiger charge is 2.32. The molecule has 0 aliphatic carbocycles. The maximum atomic E-state index is 13.9. The van der Waals surface area contributed by atoms with Crippen LogP contribution in [0.25, 0.3) is 5.52 Å². The number of aromatic nitrogens is 1. The molecule has 7 heteroatoms. The van der Waals surface area contributed by atoms with E-state index in [0.29, 0.717) is 37.3 Å². The molecule has 0 N–H and O–H groups in total. The van der Waals surface area contributed by atoms with Gasteiger partial charge in [-0.15, -0.1) is 0 Å². The van der Waals surface area contributed by atoms with Crippen molar-refractivity contribution in [2.75, 3.05) is 0 Å². The first kappa shape index (κ1) is 24.0. The van der Waals surface area contributed by atoms with Crippen LogP contribution in [0.1, 0.15) is 47.9 Å². The molecule has 4 nitrogen and oxygen atoms in total. The van der Waals surface area contributed by atoms with Crippen LogP contribution < -0.4 is 0 Å². The van der Waals surface area contributed by atoms with E-state index in [2.05, 4.69) is 0 Å². The van der Waals surface area contributed by atoms with E-state index in [1.807, 2.05) is 0 Å². The third-order valence-electron chi connectivity index (χ3n) is 5.83. The molecule has 5 aromatic rings. The number of halogens is 3. The van der Waals surface area contributed by atoms with Gasteiger partial charge in [0, 0.05) is 38.0 Å². The molecular formula is C29H16Cl3NO3. The van der Waals surface area contributed by atoms with Gasteiger partial charge >= 0.3 is 0 Å². The maximum Gasteiger partial charge on any atom is 0.210 e. The van der Waals surface area contributed by atoms with Gasteiger partial charge < -0.3 is 4.40 Å². The quantitative estimate of drug-likeness (QED) is 0.212. The van der Waals surface area contributed by atoms with Crippen molar-refractivity contribution in [3.63, 3.8) is 0 Å². The topological polar surface area (TPSA) is 55.6 Å². The third kappa shape index (κ3) is 4.35. The van der Waals surface area contributed by atoms with Crippen LogP contribution in [0.3, 0.4) is 0 Å². The molecule has 5 rings (SSSR count). The average molecular weight is 533 g/mol. The summed E-state index contributed by atoms with van der Waals surface area (Å²) in [6, 6.07) is 24.3. The molecule has 0 bridgehead atoms. The minimum absolute atomic E-state index is 0.0171. The molecule has 0 radical (unpaired) electrons. The average Bonchev–Trinajstić information content (AvgIpc) is 3.24. The Morgan fingerprint density at radius 3 is 1.39 bits per heavy atom. The second-order valence-electron chi connectivity index (χ2n) is 8.06. The van der Waals surface area contributed by atoms with Crippen LogP contribution in [-0.2, 0) is 0 Å². The fourth-order valence-corrected chi connectivity index (χ4v) is 4.49. The standard InChI is InChI=1S/C29H16Cl3NO3/c30-20-10-4-17(5-11-20)27(34)24-23-3-1-2-16-33(23)26(29(36)19-8-14-22(32)15-9-19)25(24)28(35)18-6-12-21(31)13-7-18/h1-16H. The minimum Gasteiger partial charge on any atom is -0.312 e. The summed E-state index contributed by atoms with van der Waals surface area (Å²) in [6.45, 7) is 0. The Morgan fingerprint density at radius 1 is 0.500 bits per heavy atom. The zero-order chi connectivity index (χ0) is 25.4. The van der Waals surface area contributed by atoms with Crippen molar-refractivity contribution in [1.29, 1.82) is 0 Å². The van der Waals surface area contributed by atoms with Crippen LogP contribution in [0, 0.1) is 0 Å². The van der Waals surface area contributed by atoms with E-state index in [0.717, 1.165) is 0 Å². The van der Waals surface area contributed by atoms with E-state index in [-0.39, 0.29) is 16.8 Å². The molecule has 0 unspecified atom stereocenters. The van der Waals surface area contributed by atoms with Crippen molar-refractivity contribution < 1.29 is 14.4 Å². The lowest BCUT2D eigenvalue weighted by Gasteiger charge is -2.08. The number of rotatable bonds is 6. The number of hydrogen-bond donors (Lipinski definition) is 0. The molecule has 0 spiro atoms. The van der Waals surface area contributed by atoms with Gasteiger partial charge in [0.25, 0.3) is 0 Å². The Bertz CT molecular complexity index is 1540. The highest BCUT2D eigenvalue weighted by molar-refractivity contribution is 6.32. The first-order valence-electron chi connectivity index (χ1n) is 10.9. The van der Waals surface area contributed by atoms with Crippen LogP contribution in [0.15, 0.2) is 97.2 Å². The van der Waals surface area contributed by atoms with Gasteiger partial charge in [-0.2, -0.15) is 0 Å². The van der Waals surface area contributed by atoms with E-state index in [9.17, 15) is 14.4 Å². The first-order chi connectivity index (χ1) is 17.3. The Kier molecular flexibility index (Phi) is 6.50. The molecule has 36 heavy (non-hydrogen) atoms. The molecule has 176 valence electrons. The minimum atomic E-state index is -0.468. The molecule has 2 heterocycles. The predicted molar refractivity (Wildman–Crippen MR) is 142 cm³/mol. The molecule has 3 aromatic carbocycles. The first-order valence-corrected chi connectivity index (χ1v) is 12.0. The van der Waals surface area contributed by atoms with E-state index in [1.165, 1.54) is 0 Å². The molecule has 2 aromatic heterocycles. The van der Waals surface area contributed by atoms with E-state index in [1.54, 1.807) is 102 Å². The second-order valence-corrected chi connectivity index (χ2v) is 9.37. The van der Waals surface area contributed by atoms with Crippen LogP contribution in [0.4, 0.5) is 0 Å². The highest BCUT2D eigenvalue weighted by atomic mass is 35.5. The number of carbonyl (C=O) groups excluding carboxylic acids is 3. The van der Waals surface area contributed by atoms with Gasteiger partial charge in [-0.25, -0.2) is 0 Å². The SMILES string of the molecule is O=C(c1ccc(Cl)cc1)c1c(C(=O)c2ccc(Cl)cc2)c2ccccn2c1C(=O)c1ccc(Cl)cc1. The number of nitrogens with zero attached hydrogens (tertiary/aromatic N) is 1. The Balaban J connectivity index is 1.82. The molecule has 0 saturated carbocycles. The molecule has 0 aliphatic heterocycles. The van der Waals surface area contributed by atoms with Crippen LogP contribution in [0.5, 0.6) is 0 Å². The maximum absolute atomic E-state index is 13.9. The fraction of sp³-hybridized carbons (Fsp3) is 0. The number of benzene rings is 3. The van der Waals surface area contributed by atoms with Gasteiger partial charge in [-0.05, 0) is 84.9 Å². The highest BCUT2D eigenvalue weighted by Crippen LogP contribution is 2.31. The Morgan fingerprint density at radius 2 is 0.917 bits per heavy atom. The summed E-state index contributed by atoms with van der Waals surface area (Å²) in [7, 11) is 0. The smallest absolute Gasteiger partial charge is 0.210 e. The summed E-state index contributed by atoms with van der Waals surface area (Å²) in [6.07, 6.45) is 1.66. The Hall–Kier alpha value is -3.70. The summed E-state index contributed by atoms with van der Waals surface area (Å²) in [5.74, 6) is -1.28. The molecule has 0 amide bonds. The summed E-state index contributed by atoms with van der Waals surface area (Å²) in [5, 5.41) is 1.41. The van der Waals surface area contributed by atoms with Crippen molar-refractivity contribution in [2.45, 2.75) is 0 Å². The van der Waals surface area contributed by atoms with Gasteiger partial charge in [0.1, 0.15) is 5.69 Å². The zero-order valence-electron chi connectivity index (χ0n) is 18.5. The fourth-order valence-electron chi connectivity index (χ4n) is 4.11. The summed E-state index contributed by atoms with van der Waals surface area (Å²) < 4.78 is 1.59. The van der Waals surface area contributed by atoms with Gasteiger partial charge in [-0.1, -0.05) is 40.9 Å². The number of fused-ring (bicyclic) bond motifs is 1. The normalized spacial score (nSPS) is 11.0. The lowest BCUT2D eigenvalue weighted by molar-refractivity contribution is 0.0991. The number of carbonyl (C=O) groups is 3. The monoisotopic (exact) mass is 531 g/mol. The van der Waals surface area contributed by atoms with Crippen molar-refractivity contribution in [3.05, 3.63) is 146 Å². The third-order valence-corrected chi connectivity index (χ3v) is 6.59. The molecule has 0 aliphatic rings. The summed E-state index contributed by atoms with van der Waals surface area (Å²) in [5.41, 5.74) is 1.64. The van der Waals surface area contributed by atoms with Crippen molar-refractivity contribution >= 4 is 57.7 Å². The number of ketones is 3. The van der Waals surface area contributed by atoms with Crippen molar-refractivity contribution in [2.24, 2.45) is 0 Å². The lowest BCUT2D eigenvalue weighted by atomic mass is 9.92. The second kappa shape index (κ2) is 9.75. The molecule has 0 atom stereocenters. The van der Waals surface area contributed by atoms with Crippen molar-refractivity contribution in [3.8, 4) is 0 Å². The largest absolute Gasteiger partial charge is 0.312 e. The summed E-state index contributed by atoms with van der Waals surface area (Å²) >= 11 is 18.1. The van der Waals surface area contributed by atoms with Crippen LogP contribution in [-0.4, -0.2) is 21.8 Å². The van der Waals surface area contributed by atoms with Gasteiger partial charge in [-0.3, -0.25) is 14.4 Å². The van der Waals surface area contributed by atoms with E-state index in [4.69, 9.17) is 34.8 Å². The van der Waals surface area contributed by atoms with Gasteiger partial charge in [0.05, 0.1) is 16.6 Å². The van der Waals surface area contributed by atoms with Gasteiger partial charge in [0.15, 0.2) is 11.6 Å². The van der Waals surface area contributed by atoms with Crippen molar-refractivity contribution in [1.82, 2.24) is 4.40 Å². The number of hydrogen-bond acceptors (Lipinski definition) is 3. The molecule has 0 fully saturated rings. The number of pyridine rings is 1. The van der Waals surface area contributed by atoms with Gasteiger partial charge in [0.2, 0.25) is 5.78 Å². The zero-order valence-corrected chi connectivity index (χ0v) is 20.8. The van der Waals surface area contributed by atoms with Crippen LogP contribution in [0.2, 0.25) is 15.1 Å². The predicted octanol–water partition coefficient (Wildman–Crippen LogP) is 7.59. The van der Waals surface area contributed by atoms with Crippen LogP contribution >= 0.6 is 34.8 Å². The molecule has 0 saturated heterocycles.